The van der Waals surface area contributed by atoms with E-state index < -0.39 is 0 Å². The van der Waals surface area contributed by atoms with Crippen molar-refractivity contribution in [2.75, 3.05) is 13.1 Å². The van der Waals surface area contributed by atoms with Gasteiger partial charge >= 0.3 is 0 Å². The van der Waals surface area contributed by atoms with E-state index in [0.29, 0.717) is 18.5 Å². The molecule has 0 aromatic carbocycles. The molecule has 2 aliphatic rings. The van der Waals surface area contributed by atoms with Crippen molar-refractivity contribution in [3.63, 3.8) is 0 Å². The summed E-state index contributed by atoms with van der Waals surface area (Å²) >= 11 is 6.28. The number of hydrogen-bond donors (Lipinski definition) is 1. The van der Waals surface area contributed by atoms with Crippen molar-refractivity contribution >= 4 is 17.5 Å². The summed E-state index contributed by atoms with van der Waals surface area (Å²) in [5.41, 5.74) is 7.52. The van der Waals surface area contributed by atoms with Crippen LogP contribution in [0.5, 0.6) is 0 Å². The summed E-state index contributed by atoms with van der Waals surface area (Å²) in [6, 6.07) is 4.32. The first-order valence-corrected chi connectivity index (χ1v) is 10.3. The number of nitrogens with zero attached hydrogens (tertiary/aromatic N) is 2. The third kappa shape index (κ3) is 4.80. The van der Waals surface area contributed by atoms with Crippen LogP contribution in [-0.4, -0.2) is 34.9 Å². The van der Waals surface area contributed by atoms with Crippen molar-refractivity contribution < 1.29 is 4.79 Å². The van der Waals surface area contributed by atoms with Gasteiger partial charge in [0.15, 0.2) is 0 Å². The van der Waals surface area contributed by atoms with Gasteiger partial charge in [0.05, 0.1) is 0 Å². The molecule has 0 radical (unpaired) electrons. The average Bonchev–Trinajstić information content (AvgIpc) is 2.69. The lowest BCUT2D eigenvalue weighted by Crippen LogP contribution is -2.48. The predicted molar refractivity (Wildman–Crippen MR) is 110 cm³/mol. The van der Waals surface area contributed by atoms with Gasteiger partial charge in [-0.2, -0.15) is 0 Å². The van der Waals surface area contributed by atoms with E-state index in [9.17, 15) is 4.79 Å². The molecule has 146 valence electrons. The lowest BCUT2D eigenvalue weighted by molar-refractivity contribution is -0.132. The second-order valence-corrected chi connectivity index (χ2v) is 8.42. The number of amides is 1. The van der Waals surface area contributed by atoms with Gasteiger partial charge < -0.3 is 10.6 Å². The normalized spacial score (nSPS) is 27.9. The Bertz CT molecular complexity index is 693. The average molecular weight is 388 g/mol. The number of aromatic nitrogens is 1. The fourth-order valence-electron chi connectivity index (χ4n) is 4.67. The third-order valence-electron chi connectivity index (χ3n) is 6.39. The molecule has 1 fully saturated rings. The zero-order chi connectivity index (χ0) is 19.3. The van der Waals surface area contributed by atoms with Crippen molar-refractivity contribution in [3.8, 4) is 0 Å². The minimum absolute atomic E-state index is 0.104. The van der Waals surface area contributed by atoms with Crippen LogP contribution in [0.15, 0.2) is 47.8 Å². The zero-order valence-electron chi connectivity index (χ0n) is 16.1. The third-order valence-corrected chi connectivity index (χ3v) is 6.67. The highest BCUT2D eigenvalue weighted by atomic mass is 35.5. The lowest BCUT2D eigenvalue weighted by atomic mass is 9.63. The Hall–Kier alpha value is -1.65. The molecule has 1 aromatic heterocycles. The van der Waals surface area contributed by atoms with E-state index in [-0.39, 0.29) is 11.3 Å². The van der Waals surface area contributed by atoms with Gasteiger partial charge in [-0.1, -0.05) is 29.8 Å². The molecular weight excluding hydrogens is 358 g/mol. The van der Waals surface area contributed by atoms with Crippen LogP contribution in [0, 0.1) is 11.3 Å². The van der Waals surface area contributed by atoms with Crippen molar-refractivity contribution in [1.29, 1.82) is 0 Å². The van der Waals surface area contributed by atoms with E-state index in [2.05, 4.69) is 28.1 Å². The summed E-state index contributed by atoms with van der Waals surface area (Å²) in [5.74, 6) is 0.565. The van der Waals surface area contributed by atoms with E-state index in [1.165, 1.54) is 5.56 Å². The molecule has 5 heteroatoms. The van der Waals surface area contributed by atoms with Gasteiger partial charge in [0, 0.05) is 36.9 Å². The molecular formula is C22H30ClN3O. The number of halogens is 1. The Morgan fingerprint density at radius 2 is 2.19 bits per heavy atom. The van der Waals surface area contributed by atoms with Crippen LogP contribution < -0.4 is 5.73 Å². The van der Waals surface area contributed by atoms with Gasteiger partial charge in [0.1, 0.15) is 0 Å². The second kappa shape index (κ2) is 9.03. The molecule has 4 nitrogen and oxygen atoms in total. The fraction of sp³-hybridized carbons (Fsp3) is 0.545. The molecule has 0 bridgehead atoms. The summed E-state index contributed by atoms with van der Waals surface area (Å²) in [5, 5.41) is 0.916. The molecule has 1 heterocycles. The SMILES string of the molecule is CC(=O)N(CCc1cccnc1)[C@H]1CC[C@](CN)(C2C=CC=C(Cl)C2)CC1. The van der Waals surface area contributed by atoms with Gasteiger partial charge in [0.2, 0.25) is 5.91 Å². The largest absolute Gasteiger partial charge is 0.340 e. The maximum Gasteiger partial charge on any atom is 0.219 e. The van der Waals surface area contributed by atoms with Gasteiger partial charge in [-0.3, -0.25) is 9.78 Å². The first-order chi connectivity index (χ1) is 13.0. The highest BCUT2D eigenvalue weighted by Crippen LogP contribution is 2.47. The Labute approximate surface area is 167 Å². The Morgan fingerprint density at radius 3 is 2.78 bits per heavy atom. The summed E-state index contributed by atoms with van der Waals surface area (Å²) in [4.78, 5) is 18.5. The number of rotatable bonds is 6. The first kappa shape index (κ1) is 20.1. The van der Waals surface area contributed by atoms with E-state index in [1.807, 2.05) is 18.3 Å². The topological polar surface area (TPSA) is 59.2 Å². The summed E-state index contributed by atoms with van der Waals surface area (Å²) in [6.07, 6.45) is 15.8. The smallest absolute Gasteiger partial charge is 0.219 e. The highest BCUT2D eigenvalue weighted by molar-refractivity contribution is 6.29. The molecule has 0 saturated heterocycles. The molecule has 0 spiro atoms. The zero-order valence-corrected chi connectivity index (χ0v) is 16.9. The summed E-state index contributed by atoms with van der Waals surface area (Å²) in [6.45, 7) is 3.11. The maximum absolute atomic E-state index is 12.3. The van der Waals surface area contributed by atoms with Crippen LogP contribution in [0.2, 0.25) is 0 Å². The van der Waals surface area contributed by atoms with Crippen molar-refractivity contribution in [2.45, 2.75) is 51.5 Å². The quantitative estimate of drug-likeness (QED) is 0.800. The van der Waals surface area contributed by atoms with Gasteiger partial charge in [-0.25, -0.2) is 0 Å². The Morgan fingerprint density at radius 1 is 1.41 bits per heavy atom. The Kier molecular flexibility index (Phi) is 6.72. The Balaban J connectivity index is 1.62. The van der Waals surface area contributed by atoms with Crippen molar-refractivity contribution in [1.82, 2.24) is 9.88 Å². The molecule has 1 aromatic rings. The van der Waals surface area contributed by atoms with E-state index >= 15 is 0 Å². The van der Waals surface area contributed by atoms with Crippen LogP contribution in [0.25, 0.3) is 0 Å². The summed E-state index contributed by atoms with van der Waals surface area (Å²) in [7, 11) is 0. The highest BCUT2D eigenvalue weighted by Gasteiger charge is 2.41. The van der Waals surface area contributed by atoms with E-state index in [1.54, 1.807) is 13.1 Å². The number of nitrogens with two attached hydrogens (primary N) is 1. The van der Waals surface area contributed by atoms with E-state index in [4.69, 9.17) is 17.3 Å². The molecule has 3 rings (SSSR count). The molecule has 2 N–H and O–H groups in total. The molecule has 1 atom stereocenters. The van der Waals surface area contributed by atoms with Gasteiger partial charge in [-0.15, -0.1) is 0 Å². The van der Waals surface area contributed by atoms with Crippen LogP contribution in [0.1, 0.15) is 44.6 Å². The number of carbonyl (C=O) groups is 1. The van der Waals surface area contributed by atoms with Crippen LogP contribution >= 0.6 is 11.6 Å². The molecule has 1 saturated carbocycles. The minimum atomic E-state index is 0.104. The predicted octanol–water partition coefficient (Wildman–Crippen LogP) is 4.06. The summed E-state index contributed by atoms with van der Waals surface area (Å²) < 4.78 is 0. The van der Waals surface area contributed by atoms with Gasteiger partial charge in [0.25, 0.3) is 0 Å². The number of carbonyl (C=O) groups excluding carboxylic acids is 1. The van der Waals surface area contributed by atoms with Crippen molar-refractivity contribution in [2.24, 2.45) is 17.1 Å². The van der Waals surface area contributed by atoms with Crippen LogP contribution in [-0.2, 0) is 11.2 Å². The molecule has 27 heavy (non-hydrogen) atoms. The number of pyridine rings is 1. The van der Waals surface area contributed by atoms with E-state index in [0.717, 1.165) is 50.1 Å². The van der Waals surface area contributed by atoms with Crippen molar-refractivity contribution in [3.05, 3.63) is 53.4 Å². The van der Waals surface area contributed by atoms with Crippen LogP contribution in [0.3, 0.4) is 0 Å². The second-order valence-electron chi connectivity index (χ2n) is 7.93. The molecule has 0 aliphatic heterocycles. The van der Waals surface area contributed by atoms with Gasteiger partial charge in [-0.05, 0) is 74.1 Å². The molecule has 2 aliphatic carbocycles. The fourth-order valence-corrected chi connectivity index (χ4v) is 4.91. The number of hydrogen-bond acceptors (Lipinski definition) is 3. The molecule has 1 unspecified atom stereocenters. The standard InChI is InChI=1S/C22H30ClN3O/c1-17(27)26(13-9-18-4-3-12-25-15-18)21-7-10-22(16-24,11-8-21)19-5-2-6-20(23)14-19/h2-6,12,15,19,21H,7-11,13-14,16,24H2,1H3/t19?,21-,22-. The maximum atomic E-state index is 12.3. The monoisotopic (exact) mass is 387 g/mol. The number of allylic oxidation sites excluding steroid dienone is 4. The lowest BCUT2D eigenvalue weighted by Gasteiger charge is -2.47. The van der Waals surface area contributed by atoms with Crippen LogP contribution in [0.4, 0.5) is 0 Å². The first-order valence-electron chi connectivity index (χ1n) is 9.93. The molecule has 1 amide bonds. The minimum Gasteiger partial charge on any atom is -0.340 e.